The van der Waals surface area contributed by atoms with Crippen LogP contribution in [0.15, 0.2) is 48.7 Å². The van der Waals surface area contributed by atoms with Crippen LogP contribution < -0.4 is 10.5 Å². The summed E-state index contributed by atoms with van der Waals surface area (Å²) in [5.74, 6) is 1.59. The monoisotopic (exact) mass is 242 g/mol. The molecule has 0 aliphatic heterocycles. The molecule has 1 heterocycles. The molecule has 0 spiro atoms. The first kappa shape index (κ1) is 10.1. The number of rotatable bonds is 2. The Kier molecular flexibility index (Phi) is 2.42. The van der Waals surface area contributed by atoms with Crippen LogP contribution in [0.1, 0.15) is 0 Å². The zero-order valence-corrected chi connectivity index (χ0v) is 9.78. The fraction of sp³-hybridized carbons (Fsp3) is 0. The second-order valence-electron chi connectivity index (χ2n) is 3.70. The molecular formula is C13H10N2OS. The third-order valence-corrected chi connectivity index (χ3v) is 3.22. The Morgan fingerprint density at radius 1 is 1.00 bits per heavy atom. The second kappa shape index (κ2) is 4.07. The summed E-state index contributed by atoms with van der Waals surface area (Å²) >= 11 is 1.48. The van der Waals surface area contributed by atoms with Gasteiger partial charge in [-0.3, -0.25) is 0 Å². The summed E-state index contributed by atoms with van der Waals surface area (Å²) in [4.78, 5) is 0. The lowest BCUT2D eigenvalue weighted by Gasteiger charge is -2.05. The van der Waals surface area contributed by atoms with E-state index in [0.717, 1.165) is 27.3 Å². The second-order valence-corrected chi connectivity index (χ2v) is 4.53. The molecule has 2 N–H and O–H groups in total. The Morgan fingerprint density at radius 2 is 1.76 bits per heavy atom. The number of nitrogen functional groups attached to an aromatic ring is 1. The molecule has 0 amide bonds. The van der Waals surface area contributed by atoms with Gasteiger partial charge in [0.1, 0.15) is 11.5 Å². The van der Waals surface area contributed by atoms with Gasteiger partial charge in [0, 0.05) is 17.3 Å². The molecule has 0 aliphatic rings. The van der Waals surface area contributed by atoms with E-state index in [-0.39, 0.29) is 0 Å². The van der Waals surface area contributed by atoms with Gasteiger partial charge in [-0.15, -0.1) is 0 Å². The number of fused-ring (bicyclic) bond motifs is 1. The highest BCUT2D eigenvalue weighted by atomic mass is 32.1. The Morgan fingerprint density at radius 3 is 2.59 bits per heavy atom. The van der Waals surface area contributed by atoms with Crippen molar-refractivity contribution in [3.05, 3.63) is 48.7 Å². The molecule has 0 saturated heterocycles. The number of anilines is 1. The Balaban J connectivity index is 1.91. The smallest absolute Gasteiger partial charge is 0.128 e. The molecule has 3 aromatic rings. The standard InChI is InChI=1S/C13H10N2OS/c14-10-1-3-11(4-2-10)16-12-5-6-13-9(7-12)8-15-17-13/h1-8H,14H2. The predicted octanol–water partition coefficient (Wildman–Crippen LogP) is 3.67. The van der Waals surface area contributed by atoms with Crippen LogP contribution in [0, 0.1) is 0 Å². The molecule has 0 saturated carbocycles. The van der Waals surface area contributed by atoms with Crippen molar-refractivity contribution in [3.8, 4) is 11.5 Å². The minimum atomic E-state index is 0.731. The molecular weight excluding hydrogens is 232 g/mol. The SMILES string of the molecule is Nc1ccc(Oc2ccc3sncc3c2)cc1. The number of benzene rings is 2. The fourth-order valence-corrected chi connectivity index (χ4v) is 2.21. The molecule has 0 atom stereocenters. The number of ether oxygens (including phenoxy) is 1. The molecule has 84 valence electrons. The van der Waals surface area contributed by atoms with Gasteiger partial charge in [-0.2, -0.15) is 4.37 Å². The van der Waals surface area contributed by atoms with Crippen LogP contribution in [-0.4, -0.2) is 4.37 Å². The summed E-state index contributed by atoms with van der Waals surface area (Å²) in [5, 5.41) is 1.10. The topological polar surface area (TPSA) is 48.1 Å². The molecule has 3 nitrogen and oxygen atoms in total. The van der Waals surface area contributed by atoms with Crippen LogP contribution in [-0.2, 0) is 0 Å². The van der Waals surface area contributed by atoms with Gasteiger partial charge in [0.15, 0.2) is 0 Å². The van der Waals surface area contributed by atoms with Crippen molar-refractivity contribution in [1.82, 2.24) is 4.37 Å². The van der Waals surface area contributed by atoms with E-state index in [1.165, 1.54) is 11.5 Å². The Hall–Kier alpha value is -2.07. The van der Waals surface area contributed by atoms with E-state index in [0.29, 0.717) is 0 Å². The summed E-state index contributed by atoms with van der Waals surface area (Å²) in [6.07, 6.45) is 1.84. The van der Waals surface area contributed by atoms with Crippen LogP contribution >= 0.6 is 11.5 Å². The van der Waals surface area contributed by atoms with Crippen molar-refractivity contribution in [2.24, 2.45) is 0 Å². The average Bonchev–Trinajstić information content (AvgIpc) is 2.79. The van der Waals surface area contributed by atoms with E-state index in [1.807, 2.05) is 48.7 Å². The van der Waals surface area contributed by atoms with Crippen molar-refractivity contribution < 1.29 is 4.74 Å². The van der Waals surface area contributed by atoms with E-state index in [2.05, 4.69) is 4.37 Å². The molecule has 3 rings (SSSR count). The van der Waals surface area contributed by atoms with E-state index in [1.54, 1.807) is 0 Å². The lowest BCUT2D eigenvalue weighted by atomic mass is 10.2. The molecule has 0 unspecified atom stereocenters. The highest BCUT2D eigenvalue weighted by Crippen LogP contribution is 2.27. The van der Waals surface area contributed by atoms with Gasteiger partial charge in [-0.05, 0) is 54.0 Å². The van der Waals surface area contributed by atoms with Crippen LogP contribution in [0.25, 0.3) is 10.1 Å². The average molecular weight is 242 g/mol. The quantitative estimate of drug-likeness (QED) is 0.697. The fourth-order valence-electron chi connectivity index (χ4n) is 1.59. The molecule has 0 bridgehead atoms. The molecule has 1 aromatic heterocycles. The van der Waals surface area contributed by atoms with Crippen LogP contribution in [0.3, 0.4) is 0 Å². The number of nitrogens with zero attached hydrogens (tertiary/aromatic N) is 1. The molecule has 0 fully saturated rings. The van der Waals surface area contributed by atoms with Gasteiger partial charge in [-0.25, -0.2) is 0 Å². The lowest BCUT2D eigenvalue weighted by Crippen LogP contribution is -1.86. The highest BCUT2D eigenvalue weighted by Gasteiger charge is 2.00. The van der Waals surface area contributed by atoms with E-state index < -0.39 is 0 Å². The van der Waals surface area contributed by atoms with E-state index in [4.69, 9.17) is 10.5 Å². The van der Waals surface area contributed by atoms with Crippen molar-refractivity contribution in [1.29, 1.82) is 0 Å². The highest BCUT2D eigenvalue weighted by molar-refractivity contribution is 7.13. The summed E-state index contributed by atoms with van der Waals surface area (Å²) in [6, 6.07) is 13.3. The largest absolute Gasteiger partial charge is 0.457 e. The van der Waals surface area contributed by atoms with Gasteiger partial charge in [0.2, 0.25) is 0 Å². The third-order valence-electron chi connectivity index (χ3n) is 2.44. The van der Waals surface area contributed by atoms with Gasteiger partial charge in [0.05, 0.1) is 4.70 Å². The predicted molar refractivity (Wildman–Crippen MR) is 70.5 cm³/mol. The minimum Gasteiger partial charge on any atom is -0.457 e. The molecule has 0 aliphatic carbocycles. The van der Waals surface area contributed by atoms with Gasteiger partial charge in [-0.1, -0.05) is 0 Å². The zero-order valence-electron chi connectivity index (χ0n) is 8.96. The van der Waals surface area contributed by atoms with Crippen LogP contribution in [0.5, 0.6) is 11.5 Å². The van der Waals surface area contributed by atoms with E-state index >= 15 is 0 Å². The maximum absolute atomic E-state index is 5.73. The molecule has 0 radical (unpaired) electrons. The summed E-state index contributed by atoms with van der Waals surface area (Å²) in [6.45, 7) is 0. The number of hydrogen-bond acceptors (Lipinski definition) is 4. The third kappa shape index (κ3) is 2.07. The normalized spacial score (nSPS) is 10.6. The summed E-state index contributed by atoms with van der Waals surface area (Å²) in [7, 11) is 0. The molecule has 4 heteroatoms. The number of nitrogens with two attached hydrogens (primary N) is 1. The van der Waals surface area contributed by atoms with Gasteiger partial charge in [0.25, 0.3) is 0 Å². The van der Waals surface area contributed by atoms with E-state index in [9.17, 15) is 0 Å². The van der Waals surface area contributed by atoms with Crippen molar-refractivity contribution >= 4 is 27.3 Å². The van der Waals surface area contributed by atoms with Crippen LogP contribution in [0.4, 0.5) is 5.69 Å². The van der Waals surface area contributed by atoms with Crippen molar-refractivity contribution in [2.75, 3.05) is 5.73 Å². The Bertz CT molecular complexity index is 646. The van der Waals surface area contributed by atoms with Crippen molar-refractivity contribution in [2.45, 2.75) is 0 Å². The maximum atomic E-state index is 5.73. The number of aromatic nitrogens is 1. The zero-order chi connectivity index (χ0) is 11.7. The Labute approximate surface area is 103 Å². The molecule has 17 heavy (non-hydrogen) atoms. The number of hydrogen-bond donors (Lipinski definition) is 1. The first-order valence-corrected chi connectivity index (χ1v) is 5.96. The van der Waals surface area contributed by atoms with Gasteiger partial charge < -0.3 is 10.5 Å². The van der Waals surface area contributed by atoms with Gasteiger partial charge >= 0.3 is 0 Å². The summed E-state index contributed by atoms with van der Waals surface area (Å²) in [5.41, 5.74) is 6.35. The first-order valence-electron chi connectivity index (χ1n) is 5.19. The first-order chi connectivity index (χ1) is 8.31. The lowest BCUT2D eigenvalue weighted by molar-refractivity contribution is 0.483. The minimum absolute atomic E-state index is 0.731. The van der Waals surface area contributed by atoms with Crippen molar-refractivity contribution in [3.63, 3.8) is 0 Å². The maximum Gasteiger partial charge on any atom is 0.128 e. The van der Waals surface area contributed by atoms with Crippen LogP contribution in [0.2, 0.25) is 0 Å². The summed E-state index contributed by atoms with van der Waals surface area (Å²) < 4.78 is 11.0. The molecule has 2 aromatic carbocycles.